The second-order valence-corrected chi connectivity index (χ2v) is 4.31. The lowest BCUT2D eigenvalue weighted by molar-refractivity contribution is 0.0754. The molecule has 0 aliphatic carbocycles. The highest BCUT2D eigenvalue weighted by molar-refractivity contribution is 5.92. The number of nitrogens with one attached hydrogen (secondary N) is 2. The zero-order valence-corrected chi connectivity index (χ0v) is 10.9. The van der Waals surface area contributed by atoms with Gasteiger partial charge in [-0.05, 0) is 32.8 Å². The van der Waals surface area contributed by atoms with Gasteiger partial charge in [0.05, 0.1) is 6.10 Å². The Morgan fingerprint density at radius 1 is 1.39 bits per heavy atom. The van der Waals surface area contributed by atoms with Gasteiger partial charge in [-0.25, -0.2) is 0 Å². The first-order chi connectivity index (χ1) is 8.59. The summed E-state index contributed by atoms with van der Waals surface area (Å²) >= 11 is 0. The molecule has 0 saturated carbocycles. The van der Waals surface area contributed by atoms with Gasteiger partial charge >= 0.3 is 0 Å². The Kier molecular flexibility index (Phi) is 6.14. The molecule has 0 atom stereocenters. The van der Waals surface area contributed by atoms with E-state index in [1.165, 1.54) is 6.07 Å². The number of pyridine rings is 1. The predicted molar refractivity (Wildman–Crippen MR) is 69.7 cm³/mol. The van der Waals surface area contributed by atoms with E-state index in [1.54, 1.807) is 12.1 Å². The molecule has 0 bridgehead atoms. The van der Waals surface area contributed by atoms with Gasteiger partial charge in [-0.3, -0.25) is 9.59 Å². The van der Waals surface area contributed by atoms with Crippen LogP contribution in [0.3, 0.4) is 0 Å². The van der Waals surface area contributed by atoms with Crippen LogP contribution in [-0.2, 0) is 4.74 Å². The topological polar surface area (TPSA) is 71.2 Å². The highest BCUT2D eigenvalue weighted by atomic mass is 16.5. The number of hydrogen-bond acceptors (Lipinski definition) is 3. The van der Waals surface area contributed by atoms with Gasteiger partial charge in [-0.1, -0.05) is 6.07 Å². The fraction of sp³-hybridized carbons (Fsp3) is 0.538. The van der Waals surface area contributed by atoms with Crippen LogP contribution in [0.25, 0.3) is 0 Å². The quantitative estimate of drug-likeness (QED) is 0.719. The van der Waals surface area contributed by atoms with Crippen LogP contribution in [0.2, 0.25) is 0 Å². The van der Waals surface area contributed by atoms with Crippen molar-refractivity contribution in [1.29, 1.82) is 0 Å². The maximum atomic E-state index is 11.6. The third kappa shape index (κ3) is 5.63. The minimum Gasteiger partial charge on any atom is -0.379 e. The SMILES string of the molecule is CC(C)OCCCCNC(=O)c1cccc(=O)[nH]1. The molecule has 1 aromatic rings. The lowest BCUT2D eigenvalue weighted by Crippen LogP contribution is -2.27. The summed E-state index contributed by atoms with van der Waals surface area (Å²) in [5, 5.41) is 2.75. The number of amides is 1. The fourth-order valence-electron chi connectivity index (χ4n) is 1.42. The molecule has 0 aliphatic rings. The summed E-state index contributed by atoms with van der Waals surface area (Å²) in [6, 6.07) is 4.52. The minimum absolute atomic E-state index is 0.244. The molecule has 18 heavy (non-hydrogen) atoms. The summed E-state index contributed by atoms with van der Waals surface area (Å²) in [6.07, 6.45) is 2.01. The molecule has 1 amide bonds. The first-order valence-corrected chi connectivity index (χ1v) is 6.18. The third-order valence-corrected chi connectivity index (χ3v) is 2.32. The second kappa shape index (κ2) is 7.66. The number of carbonyl (C=O) groups excluding carboxylic acids is 1. The maximum Gasteiger partial charge on any atom is 0.267 e. The lowest BCUT2D eigenvalue weighted by Gasteiger charge is -2.07. The van der Waals surface area contributed by atoms with Gasteiger partial charge in [0.1, 0.15) is 5.69 Å². The van der Waals surface area contributed by atoms with E-state index < -0.39 is 0 Å². The number of carbonyl (C=O) groups is 1. The molecule has 0 saturated heterocycles. The summed E-state index contributed by atoms with van der Waals surface area (Å²) in [7, 11) is 0. The van der Waals surface area contributed by atoms with Crippen LogP contribution >= 0.6 is 0 Å². The Morgan fingerprint density at radius 2 is 2.17 bits per heavy atom. The fourth-order valence-corrected chi connectivity index (χ4v) is 1.42. The number of rotatable bonds is 7. The second-order valence-electron chi connectivity index (χ2n) is 4.31. The Balaban J connectivity index is 2.20. The van der Waals surface area contributed by atoms with E-state index >= 15 is 0 Å². The van der Waals surface area contributed by atoms with Crippen LogP contribution in [0.4, 0.5) is 0 Å². The van der Waals surface area contributed by atoms with Gasteiger partial charge in [-0.15, -0.1) is 0 Å². The Morgan fingerprint density at radius 3 is 2.83 bits per heavy atom. The van der Waals surface area contributed by atoms with Gasteiger partial charge in [0.25, 0.3) is 5.91 Å². The van der Waals surface area contributed by atoms with E-state index in [0.717, 1.165) is 12.8 Å². The lowest BCUT2D eigenvalue weighted by atomic mass is 10.3. The van der Waals surface area contributed by atoms with Crippen LogP contribution in [-0.4, -0.2) is 30.1 Å². The van der Waals surface area contributed by atoms with Crippen molar-refractivity contribution >= 4 is 5.91 Å². The number of ether oxygens (including phenoxy) is 1. The first-order valence-electron chi connectivity index (χ1n) is 6.18. The number of hydrogen-bond donors (Lipinski definition) is 2. The summed E-state index contributed by atoms with van der Waals surface area (Å²) in [5.41, 5.74) is 0.0221. The smallest absolute Gasteiger partial charge is 0.267 e. The minimum atomic E-state index is -0.270. The monoisotopic (exact) mass is 252 g/mol. The molecule has 0 radical (unpaired) electrons. The average Bonchev–Trinajstić information content (AvgIpc) is 2.33. The van der Waals surface area contributed by atoms with Crippen LogP contribution in [0.15, 0.2) is 23.0 Å². The van der Waals surface area contributed by atoms with Gasteiger partial charge < -0.3 is 15.0 Å². The van der Waals surface area contributed by atoms with E-state index in [-0.39, 0.29) is 17.6 Å². The highest BCUT2D eigenvalue weighted by Gasteiger charge is 2.04. The zero-order valence-electron chi connectivity index (χ0n) is 10.9. The molecule has 1 heterocycles. The largest absolute Gasteiger partial charge is 0.379 e. The molecule has 0 aromatic carbocycles. The van der Waals surface area contributed by atoms with Crippen molar-refractivity contribution in [3.05, 3.63) is 34.2 Å². The summed E-state index contributed by atoms with van der Waals surface area (Å²) in [6.45, 7) is 5.27. The molecule has 0 spiro atoms. The Labute approximate surface area is 107 Å². The molecule has 2 N–H and O–H groups in total. The van der Waals surface area contributed by atoms with Crippen LogP contribution < -0.4 is 10.9 Å². The van der Waals surface area contributed by atoms with Crippen molar-refractivity contribution in [3.63, 3.8) is 0 Å². The van der Waals surface area contributed by atoms with Crippen molar-refractivity contribution in [1.82, 2.24) is 10.3 Å². The van der Waals surface area contributed by atoms with Gasteiger partial charge in [-0.2, -0.15) is 0 Å². The van der Waals surface area contributed by atoms with Gasteiger partial charge in [0.15, 0.2) is 0 Å². The molecule has 0 unspecified atom stereocenters. The molecule has 5 heteroatoms. The van der Waals surface area contributed by atoms with Gasteiger partial charge in [0.2, 0.25) is 5.56 Å². The Hall–Kier alpha value is -1.62. The van der Waals surface area contributed by atoms with Gasteiger partial charge in [0, 0.05) is 19.2 Å². The molecule has 1 rings (SSSR count). The molecule has 100 valence electrons. The summed E-state index contributed by atoms with van der Waals surface area (Å²) < 4.78 is 5.39. The number of aromatic amines is 1. The van der Waals surface area contributed by atoms with Crippen molar-refractivity contribution in [2.75, 3.05) is 13.2 Å². The van der Waals surface area contributed by atoms with Crippen LogP contribution in [0, 0.1) is 0 Å². The standard InChI is InChI=1S/C13H20N2O3/c1-10(2)18-9-4-3-8-14-13(17)11-6-5-7-12(16)15-11/h5-7,10H,3-4,8-9H2,1-2H3,(H,14,17)(H,15,16). The van der Waals surface area contributed by atoms with Crippen LogP contribution in [0.5, 0.6) is 0 Å². The van der Waals surface area contributed by atoms with Crippen LogP contribution in [0.1, 0.15) is 37.2 Å². The van der Waals surface area contributed by atoms with Crippen molar-refractivity contribution in [2.45, 2.75) is 32.8 Å². The van der Waals surface area contributed by atoms with E-state index in [4.69, 9.17) is 4.74 Å². The molecule has 5 nitrogen and oxygen atoms in total. The van der Waals surface area contributed by atoms with E-state index in [1.807, 2.05) is 13.8 Å². The zero-order chi connectivity index (χ0) is 13.4. The van der Waals surface area contributed by atoms with E-state index in [0.29, 0.717) is 18.8 Å². The first kappa shape index (κ1) is 14.4. The van der Waals surface area contributed by atoms with Crippen molar-refractivity contribution < 1.29 is 9.53 Å². The van der Waals surface area contributed by atoms with E-state index in [2.05, 4.69) is 10.3 Å². The average molecular weight is 252 g/mol. The third-order valence-electron chi connectivity index (χ3n) is 2.32. The number of H-pyrrole nitrogens is 1. The predicted octanol–water partition coefficient (Wildman–Crippen LogP) is 1.31. The molecule has 1 aromatic heterocycles. The number of aromatic nitrogens is 1. The summed E-state index contributed by atoms with van der Waals surface area (Å²) in [5.74, 6) is -0.252. The molecule has 0 fully saturated rings. The Bertz CT molecular complexity index is 426. The van der Waals surface area contributed by atoms with Crippen molar-refractivity contribution in [2.24, 2.45) is 0 Å². The molecular formula is C13H20N2O3. The van der Waals surface area contributed by atoms with E-state index in [9.17, 15) is 9.59 Å². The normalized spacial score (nSPS) is 10.6. The van der Waals surface area contributed by atoms with Crippen molar-refractivity contribution in [3.8, 4) is 0 Å². The maximum absolute atomic E-state index is 11.6. The number of unbranched alkanes of at least 4 members (excludes halogenated alkanes) is 1. The summed E-state index contributed by atoms with van der Waals surface area (Å²) in [4.78, 5) is 25.1. The molecular weight excluding hydrogens is 232 g/mol. The highest BCUT2D eigenvalue weighted by Crippen LogP contribution is 1.94. The molecule has 0 aliphatic heterocycles.